The van der Waals surface area contributed by atoms with Crippen LogP contribution in [0.2, 0.25) is 0 Å². The number of thioether (sulfide) groups is 1. The third kappa shape index (κ3) is 5.43. The van der Waals surface area contributed by atoms with Crippen molar-refractivity contribution < 1.29 is 27.5 Å². The number of nitrogens with zero attached hydrogens (tertiary/aromatic N) is 2. The summed E-state index contributed by atoms with van der Waals surface area (Å²) in [6.45, 7) is 3.63. The summed E-state index contributed by atoms with van der Waals surface area (Å²) in [6.07, 6.45) is -4.46. The van der Waals surface area contributed by atoms with E-state index in [1.54, 1.807) is 13.8 Å². The number of amides is 1. The zero-order valence-corrected chi connectivity index (χ0v) is 15.3. The van der Waals surface area contributed by atoms with Gasteiger partial charge in [0.1, 0.15) is 5.25 Å². The number of nitrogens with one attached hydrogen (secondary N) is 1. The van der Waals surface area contributed by atoms with Crippen molar-refractivity contribution in [3.8, 4) is 0 Å². The number of aromatic nitrogens is 2. The first-order valence-electron chi connectivity index (χ1n) is 7.36. The fourth-order valence-electron chi connectivity index (χ4n) is 1.75. The summed E-state index contributed by atoms with van der Waals surface area (Å²) in [4.78, 5) is 23.6. The van der Waals surface area contributed by atoms with Crippen molar-refractivity contribution in [1.29, 1.82) is 0 Å². The lowest BCUT2D eigenvalue weighted by Crippen LogP contribution is -2.16. The first-order valence-corrected chi connectivity index (χ1v) is 9.05. The van der Waals surface area contributed by atoms with E-state index in [0.717, 1.165) is 47.4 Å². The van der Waals surface area contributed by atoms with Gasteiger partial charge in [0, 0.05) is 5.56 Å². The van der Waals surface area contributed by atoms with Crippen molar-refractivity contribution >= 4 is 40.1 Å². The molecule has 1 amide bonds. The fraction of sp³-hybridized carbons (Fsp3) is 0.333. The number of hydrogen-bond donors (Lipinski definition) is 1. The third-order valence-electron chi connectivity index (χ3n) is 3.00. The van der Waals surface area contributed by atoms with Gasteiger partial charge in [-0.15, -0.1) is 10.2 Å². The quantitative estimate of drug-likeness (QED) is 0.447. The molecule has 1 atom stereocenters. The van der Waals surface area contributed by atoms with Crippen LogP contribution in [0.5, 0.6) is 0 Å². The molecular weight excluding hydrogens is 391 g/mol. The lowest BCUT2D eigenvalue weighted by Gasteiger charge is -2.07. The maximum Gasteiger partial charge on any atom is 0.416 e. The Morgan fingerprint density at radius 1 is 1.27 bits per heavy atom. The van der Waals surface area contributed by atoms with Crippen LogP contribution >= 0.6 is 23.1 Å². The maximum atomic E-state index is 12.5. The van der Waals surface area contributed by atoms with Gasteiger partial charge < -0.3 is 4.74 Å². The van der Waals surface area contributed by atoms with Gasteiger partial charge in [-0.1, -0.05) is 23.1 Å². The van der Waals surface area contributed by atoms with Crippen LogP contribution in [0.1, 0.15) is 29.8 Å². The minimum Gasteiger partial charge on any atom is -0.465 e. The molecular formula is C15H14F3N3O3S2. The van der Waals surface area contributed by atoms with E-state index in [1.165, 1.54) is 0 Å². The highest BCUT2D eigenvalue weighted by Crippen LogP contribution is 2.31. The van der Waals surface area contributed by atoms with E-state index in [1.807, 2.05) is 0 Å². The number of carbonyl (C=O) groups excluding carboxylic acids is 2. The van der Waals surface area contributed by atoms with Crippen LogP contribution in [0.4, 0.5) is 18.3 Å². The van der Waals surface area contributed by atoms with E-state index < -0.39 is 22.9 Å². The van der Waals surface area contributed by atoms with Gasteiger partial charge in [-0.3, -0.25) is 14.9 Å². The molecule has 0 aliphatic heterocycles. The van der Waals surface area contributed by atoms with Gasteiger partial charge in [0.2, 0.25) is 5.13 Å². The smallest absolute Gasteiger partial charge is 0.416 e. The largest absolute Gasteiger partial charge is 0.465 e. The Balaban J connectivity index is 1.98. The van der Waals surface area contributed by atoms with E-state index in [0.29, 0.717) is 4.34 Å². The molecule has 1 N–H and O–H groups in total. The highest BCUT2D eigenvalue weighted by atomic mass is 32.2. The van der Waals surface area contributed by atoms with Crippen molar-refractivity contribution in [1.82, 2.24) is 10.2 Å². The summed E-state index contributed by atoms with van der Waals surface area (Å²) in [7, 11) is 0. The Hall–Kier alpha value is -2.14. The molecule has 140 valence electrons. The Kier molecular flexibility index (Phi) is 6.59. The molecule has 0 unspecified atom stereocenters. The molecule has 11 heteroatoms. The van der Waals surface area contributed by atoms with Gasteiger partial charge in [-0.25, -0.2) is 0 Å². The normalized spacial score (nSPS) is 12.5. The van der Waals surface area contributed by atoms with Gasteiger partial charge in [0.05, 0.1) is 12.2 Å². The van der Waals surface area contributed by atoms with E-state index in [9.17, 15) is 22.8 Å². The zero-order valence-electron chi connectivity index (χ0n) is 13.7. The number of rotatable bonds is 6. The molecule has 0 radical (unpaired) electrons. The van der Waals surface area contributed by atoms with Crippen molar-refractivity contribution in [2.75, 3.05) is 11.9 Å². The number of ether oxygens (including phenoxy) is 1. The van der Waals surface area contributed by atoms with Crippen molar-refractivity contribution in [2.24, 2.45) is 0 Å². The standard InChI is InChI=1S/C15H14F3N3O3S2/c1-3-24-12(23)8(2)25-14-21-20-13(26-14)19-11(22)9-4-6-10(7-5-9)15(16,17)18/h4-8H,3H2,1-2H3,(H,19,20,22)/t8-/m1/s1. The average molecular weight is 405 g/mol. The number of carbonyl (C=O) groups is 2. The minimum atomic E-state index is -4.46. The molecule has 0 fully saturated rings. The molecule has 0 bridgehead atoms. The predicted octanol–water partition coefficient (Wildman–Crippen LogP) is 3.85. The van der Waals surface area contributed by atoms with E-state index in [2.05, 4.69) is 15.5 Å². The molecule has 0 saturated carbocycles. The predicted molar refractivity (Wildman–Crippen MR) is 91.3 cm³/mol. The Bertz CT molecular complexity index is 778. The minimum absolute atomic E-state index is 0.0577. The lowest BCUT2D eigenvalue weighted by atomic mass is 10.1. The van der Waals surface area contributed by atoms with E-state index in [4.69, 9.17) is 4.74 Å². The molecule has 2 aromatic rings. The summed E-state index contributed by atoms with van der Waals surface area (Å²) in [5.74, 6) is -0.993. The Morgan fingerprint density at radius 2 is 1.92 bits per heavy atom. The first-order chi connectivity index (χ1) is 12.2. The second kappa shape index (κ2) is 8.49. The third-order valence-corrected chi connectivity index (χ3v) is 5.00. The van der Waals surface area contributed by atoms with E-state index >= 15 is 0 Å². The second-order valence-electron chi connectivity index (χ2n) is 4.91. The summed E-state index contributed by atoms with van der Waals surface area (Å²) in [5, 5.41) is 9.78. The average Bonchev–Trinajstić information content (AvgIpc) is 3.01. The molecule has 26 heavy (non-hydrogen) atoms. The van der Waals surface area contributed by atoms with Crippen molar-refractivity contribution in [2.45, 2.75) is 29.6 Å². The van der Waals surface area contributed by atoms with Gasteiger partial charge in [-0.2, -0.15) is 13.2 Å². The molecule has 0 aliphatic rings. The van der Waals surface area contributed by atoms with Crippen LogP contribution < -0.4 is 5.32 Å². The fourth-order valence-corrected chi connectivity index (χ4v) is 3.64. The summed E-state index contributed by atoms with van der Waals surface area (Å²) in [5.41, 5.74) is -0.779. The molecule has 0 aliphatic carbocycles. The lowest BCUT2D eigenvalue weighted by molar-refractivity contribution is -0.142. The molecule has 1 heterocycles. The molecule has 1 aromatic heterocycles. The highest BCUT2D eigenvalue weighted by Gasteiger charge is 2.30. The SMILES string of the molecule is CCOC(=O)[C@@H](C)Sc1nnc(NC(=O)c2ccc(C(F)(F)F)cc2)s1. The maximum absolute atomic E-state index is 12.5. The monoisotopic (exact) mass is 405 g/mol. The second-order valence-corrected chi connectivity index (χ2v) is 7.48. The van der Waals surface area contributed by atoms with Crippen molar-refractivity contribution in [3.63, 3.8) is 0 Å². The Labute approximate surface area is 155 Å². The van der Waals surface area contributed by atoms with Crippen LogP contribution in [0, 0.1) is 0 Å². The topological polar surface area (TPSA) is 81.2 Å². The molecule has 2 rings (SSSR count). The van der Waals surface area contributed by atoms with Crippen LogP contribution in [-0.2, 0) is 15.7 Å². The number of halogens is 3. The summed E-state index contributed by atoms with van der Waals surface area (Å²) in [6, 6.07) is 3.82. The molecule has 0 saturated heterocycles. The number of esters is 1. The Morgan fingerprint density at radius 3 is 2.50 bits per heavy atom. The summed E-state index contributed by atoms with van der Waals surface area (Å²) < 4.78 is 42.9. The summed E-state index contributed by atoms with van der Waals surface area (Å²) >= 11 is 2.18. The highest BCUT2D eigenvalue weighted by molar-refractivity contribution is 8.02. The molecule has 6 nitrogen and oxygen atoms in total. The van der Waals surface area contributed by atoms with Gasteiger partial charge in [0.15, 0.2) is 4.34 Å². The number of alkyl halides is 3. The van der Waals surface area contributed by atoms with Crippen LogP contribution in [-0.4, -0.2) is 33.9 Å². The van der Waals surface area contributed by atoms with Gasteiger partial charge in [0.25, 0.3) is 5.91 Å². The van der Waals surface area contributed by atoms with Crippen LogP contribution in [0.3, 0.4) is 0 Å². The van der Waals surface area contributed by atoms with Crippen LogP contribution in [0.25, 0.3) is 0 Å². The van der Waals surface area contributed by atoms with Gasteiger partial charge >= 0.3 is 12.1 Å². The molecule has 1 aromatic carbocycles. The first kappa shape index (κ1) is 20.2. The molecule has 0 spiro atoms. The van der Waals surface area contributed by atoms with Crippen molar-refractivity contribution in [3.05, 3.63) is 35.4 Å². The zero-order chi connectivity index (χ0) is 19.3. The van der Waals surface area contributed by atoms with Gasteiger partial charge in [-0.05, 0) is 38.1 Å². The van der Waals surface area contributed by atoms with E-state index in [-0.39, 0.29) is 23.3 Å². The number of benzene rings is 1. The number of hydrogen-bond acceptors (Lipinski definition) is 7. The number of anilines is 1. The van der Waals surface area contributed by atoms with Crippen LogP contribution in [0.15, 0.2) is 28.6 Å².